The first-order valence-corrected chi connectivity index (χ1v) is 11.8. The number of thioether (sulfide) groups is 1. The molecule has 0 heterocycles. The summed E-state index contributed by atoms with van der Waals surface area (Å²) >= 11 is 1.82. The minimum absolute atomic E-state index is 0.116. The topological polar surface area (TPSA) is 58.6 Å². The number of amides is 1. The van der Waals surface area contributed by atoms with E-state index in [9.17, 15) is 9.90 Å². The molecule has 4 nitrogen and oxygen atoms in total. The molecule has 2 N–H and O–H groups in total. The summed E-state index contributed by atoms with van der Waals surface area (Å²) in [6.07, 6.45) is 16.6. The number of carbonyl (C=O) groups is 1. The van der Waals surface area contributed by atoms with E-state index >= 15 is 0 Å². The van der Waals surface area contributed by atoms with Crippen molar-refractivity contribution in [3.8, 4) is 0 Å². The first-order valence-electron chi connectivity index (χ1n) is 10.8. The molecule has 2 atom stereocenters. The van der Waals surface area contributed by atoms with Crippen LogP contribution in [0.3, 0.4) is 0 Å². The molecule has 0 aliphatic carbocycles. The summed E-state index contributed by atoms with van der Waals surface area (Å²) in [4.78, 5) is 11.2. The lowest BCUT2D eigenvalue weighted by atomic mass is 10.0. The van der Waals surface area contributed by atoms with Crippen LogP contribution in [-0.4, -0.2) is 42.0 Å². The number of hydrogen-bond acceptors (Lipinski definition) is 4. The molecular weight excluding hydrogens is 346 g/mol. The lowest BCUT2D eigenvalue weighted by Gasteiger charge is -2.19. The fourth-order valence-electron chi connectivity index (χ4n) is 3.02. The molecule has 0 aromatic carbocycles. The second kappa shape index (κ2) is 19.3. The summed E-state index contributed by atoms with van der Waals surface area (Å²) in [5.74, 6) is 0.667. The summed E-state index contributed by atoms with van der Waals surface area (Å²) in [6.45, 7) is 4.37. The Morgan fingerprint density at radius 3 is 1.96 bits per heavy atom. The highest BCUT2D eigenvalue weighted by atomic mass is 32.2. The summed E-state index contributed by atoms with van der Waals surface area (Å²) in [5.41, 5.74) is 0. The maximum atomic E-state index is 11.2. The number of aliphatic hydroxyl groups excluding tert-OH is 1. The van der Waals surface area contributed by atoms with E-state index in [1.165, 1.54) is 84.1 Å². The van der Waals surface area contributed by atoms with E-state index in [0.29, 0.717) is 11.0 Å². The Kier molecular flexibility index (Phi) is 19.0. The van der Waals surface area contributed by atoms with Gasteiger partial charge in [0.1, 0.15) is 6.10 Å². The highest BCUT2D eigenvalue weighted by Gasteiger charge is 2.15. The van der Waals surface area contributed by atoms with E-state index in [4.69, 9.17) is 4.74 Å². The average Bonchev–Trinajstić information content (AvgIpc) is 2.66. The van der Waals surface area contributed by atoms with Crippen molar-refractivity contribution in [2.24, 2.45) is 0 Å². The summed E-state index contributed by atoms with van der Waals surface area (Å²) < 4.78 is 5.13. The smallest absolute Gasteiger partial charge is 0.407 e. The second-order valence-electron chi connectivity index (χ2n) is 7.15. The van der Waals surface area contributed by atoms with Gasteiger partial charge >= 0.3 is 6.09 Å². The molecule has 5 heteroatoms. The molecular formula is C21H43NO3S. The van der Waals surface area contributed by atoms with Gasteiger partial charge in [0.25, 0.3) is 0 Å². The van der Waals surface area contributed by atoms with Gasteiger partial charge in [-0.05, 0) is 12.8 Å². The van der Waals surface area contributed by atoms with Crippen molar-refractivity contribution < 1.29 is 14.6 Å². The van der Waals surface area contributed by atoms with Crippen LogP contribution in [0.1, 0.15) is 97.3 Å². The number of hydrogen-bond donors (Lipinski definition) is 2. The number of ether oxygens (including phenoxy) is 1. The van der Waals surface area contributed by atoms with Gasteiger partial charge in [-0.2, -0.15) is 11.8 Å². The summed E-state index contributed by atoms with van der Waals surface area (Å²) in [6, 6.07) is 0. The van der Waals surface area contributed by atoms with E-state index in [0.717, 1.165) is 6.42 Å². The molecule has 0 aromatic rings. The van der Waals surface area contributed by atoms with Crippen molar-refractivity contribution in [2.45, 2.75) is 109 Å². The first-order chi connectivity index (χ1) is 12.7. The van der Waals surface area contributed by atoms with Crippen molar-refractivity contribution in [3.05, 3.63) is 0 Å². The number of unbranched alkanes of at least 4 members (excludes halogenated alkanes) is 10. The third kappa shape index (κ3) is 15.8. The van der Waals surface area contributed by atoms with Gasteiger partial charge in [-0.3, -0.25) is 0 Å². The normalized spacial score (nSPS) is 13.4. The first kappa shape index (κ1) is 25.6. The van der Waals surface area contributed by atoms with Crippen LogP contribution in [0, 0.1) is 0 Å². The van der Waals surface area contributed by atoms with Gasteiger partial charge in [-0.25, -0.2) is 4.79 Å². The van der Waals surface area contributed by atoms with Crippen LogP contribution in [-0.2, 0) is 4.74 Å². The molecule has 0 fully saturated rings. The number of rotatable bonds is 18. The number of aliphatic hydroxyl groups is 1. The molecule has 0 spiro atoms. The van der Waals surface area contributed by atoms with E-state index in [-0.39, 0.29) is 6.61 Å². The van der Waals surface area contributed by atoms with E-state index in [1.807, 2.05) is 11.8 Å². The molecule has 0 rings (SSSR count). The zero-order valence-electron chi connectivity index (χ0n) is 17.4. The number of carbonyl (C=O) groups excluding carboxylic acids is 1. The molecule has 0 aliphatic rings. The van der Waals surface area contributed by atoms with E-state index in [2.05, 4.69) is 19.2 Å². The van der Waals surface area contributed by atoms with Crippen LogP contribution in [0.2, 0.25) is 0 Å². The molecule has 1 amide bonds. The number of alkyl carbamates (subject to hydrolysis) is 1. The highest BCUT2D eigenvalue weighted by Crippen LogP contribution is 2.23. The predicted molar refractivity (Wildman–Crippen MR) is 114 cm³/mol. The van der Waals surface area contributed by atoms with Gasteiger partial charge in [0.15, 0.2) is 0 Å². The van der Waals surface area contributed by atoms with Crippen molar-refractivity contribution in [3.63, 3.8) is 0 Å². The maximum absolute atomic E-state index is 11.2. The van der Waals surface area contributed by atoms with Gasteiger partial charge in [0.05, 0.1) is 6.61 Å². The maximum Gasteiger partial charge on any atom is 0.407 e. The lowest BCUT2D eigenvalue weighted by molar-refractivity contribution is 0.0719. The molecule has 0 saturated heterocycles. The van der Waals surface area contributed by atoms with E-state index in [1.54, 1.807) is 0 Å². The van der Waals surface area contributed by atoms with Crippen molar-refractivity contribution in [2.75, 3.05) is 19.4 Å². The molecule has 156 valence electrons. The van der Waals surface area contributed by atoms with Crippen LogP contribution in [0.5, 0.6) is 0 Å². The second-order valence-corrected chi connectivity index (χ2v) is 8.48. The van der Waals surface area contributed by atoms with Crippen molar-refractivity contribution in [1.82, 2.24) is 5.32 Å². The zero-order valence-corrected chi connectivity index (χ0v) is 18.2. The van der Waals surface area contributed by atoms with Gasteiger partial charge in [-0.15, -0.1) is 0 Å². The Labute approximate surface area is 166 Å². The molecule has 0 aliphatic heterocycles. The molecule has 0 aromatic heterocycles. The Balaban J connectivity index is 3.59. The zero-order chi connectivity index (χ0) is 19.5. The quantitative estimate of drug-likeness (QED) is 0.286. The highest BCUT2D eigenvalue weighted by molar-refractivity contribution is 7.99. The van der Waals surface area contributed by atoms with E-state index < -0.39 is 12.2 Å². The Hall–Kier alpha value is -0.420. The minimum atomic E-state index is -0.469. The molecule has 0 bridgehead atoms. The Morgan fingerprint density at radius 1 is 0.962 bits per heavy atom. The predicted octanol–water partition coefficient (Wildman–Crippen LogP) is 5.92. The molecule has 26 heavy (non-hydrogen) atoms. The third-order valence-electron chi connectivity index (χ3n) is 4.78. The van der Waals surface area contributed by atoms with Crippen LogP contribution >= 0.6 is 11.8 Å². The van der Waals surface area contributed by atoms with Crippen LogP contribution in [0.25, 0.3) is 0 Å². The average molecular weight is 390 g/mol. The van der Waals surface area contributed by atoms with Gasteiger partial charge in [-0.1, -0.05) is 84.5 Å². The van der Waals surface area contributed by atoms with Crippen LogP contribution < -0.4 is 5.32 Å². The summed E-state index contributed by atoms with van der Waals surface area (Å²) in [5, 5.41) is 12.3. The largest absolute Gasteiger partial charge is 0.443 e. The van der Waals surface area contributed by atoms with Gasteiger partial charge in [0.2, 0.25) is 0 Å². The summed E-state index contributed by atoms with van der Waals surface area (Å²) in [7, 11) is 1.53. The molecule has 0 saturated carbocycles. The van der Waals surface area contributed by atoms with Gasteiger partial charge in [0, 0.05) is 18.1 Å². The fraction of sp³-hybridized carbons (Fsp3) is 0.952. The van der Waals surface area contributed by atoms with Crippen LogP contribution in [0.4, 0.5) is 4.79 Å². The van der Waals surface area contributed by atoms with Crippen molar-refractivity contribution >= 4 is 17.9 Å². The molecule has 0 radical (unpaired) electrons. The SMILES string of the molecule is CCCCCCCCCCCCCC(CC)SCC(CO)OC(=O)NC. The van der Waals surface area contributed by atoms with Crippen LogP contribution in [0.15, 0.2) is 0 Å². The standard InChI is InChI=1S/C21H43NO3S/c1-4-6-7-8-9-10-11-12-13-14-15-16-20(5-2)26-18-19(17-23)25-21(24)22-3/h19-20,23H,4-18H2,1-3H3,(H,22,24). The lowest BCUT2D eigenvalue weighted by Crippen LogP contribution is -2.30. The fourth-order valence-corrected chi connectivity index (χ4v) is 4.25. The Morgan fingerprint density at radius 2 is 1.50 bits per heavy atom. The van der Waals surface area contributed by atoms with Gasteiger partial charge < -0.3 is 15.2 Å². The monoisotopic (exact) mass is 389 g/mol. The van der Waals surface area contributed by atoms with Crippen molar-refractivity contribution in [1.29, 1.82) is 0 Å². The number of nitrogens with one attached hydrogen (secondary N) is 1. The third-order valence-corrected chi connectivity index (χ3v) is 6.39. The Bertz CT molecular complexity index is 316. The minimum Gasteiger partial charge on any atom is -0.443 e. The molecule has 2 unspecified atom stereocenters.